The number of unbranched alkanes of at least 4 members (excludes halogenated alkanes) is 1. The van der Waals surface area contributed by atoms with Crippen LogP contribution < -0.4 is 0 Å². The SMILES string of the molecule is CN(CC1CC2CCC1C2)C(=O)CCCCBr. The minimum Gasteiger partial charge on any atom is -0.345 e. The molecule has 2 bridgehead atoms. The molecule has 3 atom stereocenters. The monoisotopic (exact) mass is 301 g/mol. The minimum atomic E-state index is 0.341. The molecule has 2 nitrogen and oxygen atoms in total. The highest BCUT2D eigenvalue weighted by atomic mass is 79.9. The summed E-state index contributed by atoms with van der Waals surface area (Å²) in [5, 5.41) is 1.01. The van der Waals surface area contributed by atoms with Gasteiger partial charge in [-0.05, 0) is 49.9 Å². The average Bonchev–Trinajstić information content (AvgIpc) is 2.91. The zero-order chi connectivity index (χ0) is 12.3. The summed E-state index contributed by atoms with van der Waals surface area (Å²) in [6.45, 7) is 1.01. The molecule has 1 amide bonds. The van der Waals surface area contributed by atoms with Crippen molar-refractivity contribution in [3.8, 4) is 0 Å². The fraction of sp³-hybridized carbons (Fsp3) is 0.929. The summed E-state index contributed by atoms with van der Waals surface area (Å²) in [4.78, 5) is 13.9. The van der Waals surface area contributed by atoms with Gasteiger partial charge in [0.15, 0.2) is 0 Å². The summed E-state index contributed by atoms with van der Waals surface area (Å²) in [5.74, 6) is 3.06. The number of amides is 1. The second-order valence-corrected chi connectivity index (χ2v) is 6.65. The third-order valence-electron chi connectivity index (χ3n) is 4.59. The molecule has 0 spiro atoms. The van der Waals surface area contributed by atoms with Gasteiger partial charge >= 0.3 is 0 Å². The molecule has 3 unspecified atom stereocenters. The molecule has 17 heavy (non-hydrogen) atoms. The van der Waals surface area contributed by atoms with Gasteiger partial charge in [0.05, 0.1) is 0 Å². The summed E-state index contributed by atoms with van der Waals surface area (Å²) in [6.07, 6.45) is 8.53. The van der Waals surface area contributed by atoms with E-state index < -0.39 is 0 Å². The van der Waals surface area contributed by atoms with E-state index in [1.165, 1.54) is 25.7 Å². The molecule has 2 aliphatic rings. The fourth-order valence-electron chi connectivity index (χ4n) is 3.62. The van der Waals surface area contributed by atoms with Crippen LogP contribution in [-0.4, -0.2) is 29.7 Å². The molecule has 2 rings (SSSR count). The first-order chi connectivity index (χ1) is 8.20. The largest absolute Gasteiger partial charge is 0.345 e. The number of rotatable bonds is 6. The molecular formula is C14H24BrNO. The van der Waals surface area contributed by atoms with Crippen LogP contribution in [0.25, 0.3) is 0 Å². The number of halogens is 1. The summed E-state index contributed by atoms with van der Waals surface area (Å²) >= 11 is 3.40. The fourth-order valence-corrected chi connectivity index (χ4v) is 4.01. The lowest BCUT2D eigenvalue weighted by Crippen LogP contribution is -2.33. The maximum Gasteiger partial charge on any atom is 0.222 e. The van der Waals surface area contributed by atoms with Crippen molar-refractivity contribution < 1.29 is 4.79 Å². The van der Waals surface area contributed by atoms with E-state index in [1.54, 1.807) is 0 Å². The molecule has 0 aromatic rings. The van der Waals surface area contributed by atoms with Crippen LogP contribution in [-0.2, 0) is 4.79 Å². The number of carbonyl (C=O) groups is 1. The smallest absolute Gasteiger partial charge is 0.222 e. The molecule has 0 radical (unpaired) electrons. The highest BCUT2D eigenvalue weighted by molar-refractivity contribution is 9.09. The van der Waals surface area contributed by atoms with Gasteiger partial charge in [-0.15, -0.1) is 0 Å². The van der Waals surface area contributed by atoms with E-state index in [-0.39, 0.29) is 0 Å². The summed E-state index contributed by atoms with van der Waals surface area (Å²) < 4.78 is 0. The van der Waals surface area contributed by atoms with Gasteiger partial charge in [0.2, 0.25) is 5.91 Å². The molecule has 0 N–H and O–H groups in total. The number of nitrogens with zero attached hydrogens (tertiary/aromatic N) is 1. The third kappa shape index (κ3) is 3.46. The van der Waals surface area contributed by atoms with Crippen LogP contribution in [0.2, 0.25) is 0 Å². The van der Waals surface area contributed by atoms with E-state index in [0.29, 0.717) is 5.91 Å². The quantitative estimate of drug-likeness (QED) is 0.543. The normalized spacial score (nSPS) is 30.8. The molecule has 0 aliphatic heterocycles. The number of carbonyl (C=O) groups excluding carboxylic acids is 1. The second-order valence-electron chi connectivity index (χ2n) is 5.86. The van der Waals surface area contributed by atoms with Crippen molar-refractivity contribution in [3.05, 3.63) is 0 Å². The lowest BCUT2D eigenvalue weighted by molar-refractivity contribution is -0.130. The minimum absolute atomic E-state index is 0.341. The molecule has 98 valence electrons. The molecule has 2 aliphatic carbocycles. The molecule has 0 saturated heterocycles. The summed E-state index contributed by atoms with van der Waals surface area (Å²) in [6, 6.07) is 0. The first-order valence-corrected chi connectivity index (χ1v) is 8.12. The molecule has 0 aromatic carbocycles. The van der Waals surface area contributed by atoms with E-state index in [9.17, 15) is 4.79 Å². The van der Waals surface area contributed by atoms with Gasteiger partial charge in [-0.2, -0.15) is 0 Å². The summed E-state index contributed by atoms with van der Waals surface area (Å²) in [7, 11) is 1.99. The molecular weight excluding hydrogens is 278 g/mol. The van der Waals surface area contributed by atoms with Gasteiger partial charge < -0.3 is 4.90 Å². The van der Waals surface area contributed by atoms with Crippen molar-refractivity contribution in [1.82, 2.24) is 4.90 Å². The van der Waals surface area contributed by atoms with Crippen molar-refractivity contribution in [1.29, 1.82) is 0 Å². The Morgan fingerprint density at radius 3 is 2.71 bits per heavy atom. The van der Waals surface area contributed by atoms with Crippen LogP contribution in [0.5, 0.6) is 0 Å². The van der Waals surface area contributed by atoms with Crippen LogP contribution in [0.4, 0.5) is 0 Å². The zero-order valence-electron chi connectivity index (χ0n) is 10.8. The van der Waals surface area contributed by atoms with E-state index in [2.05, 4.69) is 15.9 Å². The van der Waals surface area contributed by atoms with Gasteiger partial charge in [0.25, 0.3) is 0 Å². The van der Waals surface area contributed by atoms with Crippen molar-refractivity contribution in [2.45, 2.75) is 44.9 Å². The van der Waals surface area contributed by atoms with E-state index in [0.717, 1.165) is 48.9 Å². The van der Waals surface area contributed by atoms with E-state index >= 15 is 0 Å². The number of hydrogen-bond acceptors (Lipinski definition) is 1. The Labute approximate surface area is 113 Å². The highest BCUT2D eigenvalue weighted by Gasteiger charge is 2.39. The van der Waals surface area contributed by atoms with Crippen LogP contribution in [0.1, 0.15) is 44.9 Å². The van der Waals surface area contributed by atoms with Crippen LogP contribution in [0.15, 0.2) is 0 Å². The first kappa shape index (κ1) is 13.4. The van der Waals surface area contributed by atoms with E-state index in [4.69, 9.17) is 0 Å². The zero-order valence-corrected chi connectivity index (χ0v) is 12.4. The number of fused-ring (bicyclic) bond motifs is 2. The molecule has 0 heterocycles. The van der Waals surface area contributed by atoms with Gasteiger partial charge in [0.1, 0.15) is 0 Å². The maximum absolute atomic E-state index is 11.9. The molecule has 3 heteroatoms. The number of alkyl halides is 1. The van der Waals surface area contributed by atoms with Crippen molar-refractivity contribution >= 4 is 21.8 Å². The van der Waals surface area contributed by atoms with Gasteiger partial charge in [-0.3, -0.25) is 4.79 Å². The Bertz CT molecular complexity index is 269. The molecule has 2 fully saturated rings. The van der Waals surface area contributed by atoms with Gasteiger partial charge in [-0.1, -0.05) is 22.4 Å². The topological polar surface area (TPSA) is 20.3 Å². The van der Waals surface area contributed by atoms with Crippen LogP contribution >= 0.6 is 15.9 Å². The Morgan fingerprint density at radius 2 is 2.12 bits per heavy atom. The predicted octanol–water partition coefficient (Wildman–Crippen LogP) is 3.45. The Hall–Kier alpha value is -0.0500. The van der Waals surface area contributed by atoms with Gasteiger partial charge in [-0.25, -0.2) is 0 Å². The Kier molecular flexibility index (Phi) is 4.89. The lowest BCUT2D eigenvalue weighted by atomic mass is 9.88. The maximum atomic E-state index is 11.9. The van der Waals surface area contributed by atoms with Crippen molar-refractivity contribution in [2.24, 2.45) is 17.8 Å². The molecule has 2 saturated carbocycles. The molecule has 0 aromatic heterocycles. The average molecular weight is 302 g/mol. The highest BCUT2D eigenvalue weighted by Crippen LogP contribution is 2.48. The van der Waals surface area contributed by atoms with Crippen LogP contribution in [0.3, 0.4) is 0 Å². The first-order valence-electron chi connectivity index (χ1n) is 7.00. The lowest BCUT2D eigenvalue weighted by Gasteiger charge is -2.27. The third-order valence-corrected chi connectivity index (χ3v) is 5.15. The number of hydrogen-bond donors (Lipinski definition) is 0. The Balaban J connectivity index is 1.69. The predicted molar refractivity (Wildman–Crippen MR) is 74.2 cm³/mol. The summed E-state index contributed by atoms with van der Waals surface area (Å²) in [5.41, 5.74) is 0. The van der Waals surface area contributed by atoms with Crippen molar-refractivity contribution in [2.75, 3.05) is 18.9 Å². The van der Waals surface area contributed by atoms with Gasteiger partial charge in [0, 0.05) is 25.3 Å². The van der Waals surface area contributed by atoms with Crippen molar-refractivity contribution in [3.63, 3.8) is 0 Å². The van der Waals surface area contributed by atoms with Crippen LogP contribution in [0, 0.1) is 17.8 Å². The van der Waals surface area contributed by atoms with E-state index in [1.807, 2.05) is 11.9 Å². The standard InChI is InChI=1S/C14H24BrNO/c1-16(14(17)4-2-3-7-15)10-13-9-11-5-6-12(13)8-11/h11-13H,2-10H2,1H3. The second kappa shape index (κ2) is 6.21. The Morgan fingerprint density at radius 1 is 1.29 bits per heavy atom.